The summed E-state index contributed by atoms with van der Waals surface area (Å²) in [6.45, 7) is 8.48. The lowest BCUT2D eigenvalue weighted by molar-refractivity contribution is 0.112. The molecule has 2 fully saturated rings. The van der Waals surface area contributed by atoms with Crippen LogP contribution in [-0.2, 0) is 6.42 Å². The molecule has 1 saturated carbocycles. The van der Waals surface area contributed by atoms with Gasteiger partial charge < -0.3 is 9.64 Å². The third-order valence-corrected chi connectivity index (χ3v) is 6.89. The molecule has 3 aromatic rings. The van der Waals surface area contributed by atoms with Crippen LogP contribution in [0.2, 0.25) is 0 Å². The van der Waals surface area contributed by atoms with Crippen LogP contribution in [0.4, 0.5) is 5.95 Å². The molecule has 0 radical (unpaired) electrons. The van der Waals surface area contributed by atoms with E-state index in [1.807, 2.05) is 50.7 Å². The Morgan fingerprint density at radius 1 is 1.03 bits per heavy atom. The second-order valence-corrected chi connectivity index (χ2v) is 9.09. The Bertz CT molecular complexity index is 1040. The highest BCUT2D eigenvalue weighted by molar-refractivity contribution is 7.98. The summed E-state index contributed by atoms with van der Waals surface area (Å²) in [4.78, 5) is 23.3. The van der Waals surface area contributed by atoms with Gasteiger partial charge in [-0.1, -0.05) is 39.0 Å². The maximum absolute atomic E-state index is 11.0. The molecule has 0 N–H and O–H groups in total. The first-order valence-electron chi connectivity index (χ1n) is 12.0. The molecular weight excluding hydrogens is 442 g/mol. The number of carbonyl (C=O) groups is 1. The van der Waals surface area contributed by atoms with Crippen LogP contribution >= 0.6 is 11.8 Å². The molecule has 2 unspecified atom stereocenters. The zero-order valence-electron chi connectivity index (χ0n) is 20.8. The minimum Gasteiger partial charge on any atom is -0.496 e. The van der Waals surface area contributed by atoms with Crippen molar-refractivity contribution in [3.05, 3.63) is 66.0 Å². The largest absolute Gasteiger partial charge is 0.496 e. The molecule has 6 heteroatoms. The van der Waals surface area contributed by atoms with Crippen LogP contribution in [0, 0.1) is 11.8 Å². The Morgan fingerprint density at radius 2 is 1.65 bits per heavy atom. The molecule has 2 aromatic carbocycles. The average molecular weight is 478 g/mol. The maximum atomic E-state index is 11.0. The first-order valence-corrected chi connectivity index (χ1v) is 13.2. The Labute approximate surface area is 208 Å². The van der Waals surface area contributed by atoms with Crippen LogP contribution in [0.1, 0.15) is 43.1 Å². The fourth-order valence-corrected chi connectivity index (χ4v) is 4.45. The molecule has 2 atom stereocenters. The van der Waals surface area contributed by atoms with Gasteiger partial charge in [0.15, 0.2) is 6.29 Å². The van der Waals surface area contributed by atoms with Crippen molar-refractivity contribution >= 4 is 24.0 Å². The molecule has 180 valence electrons. The van der Waals surface area contributed by atoms with Gasteiger partial charge >= 0.3 is 0 Å². The predicted octanol–water partition coefficient (Wildman–Crippen LogP) is 6.42. The Morgan fingerprint density at radius 3 is 2.18 bits per heavy atom. The standard InChI is InChI=1S/C15H14O2S.C11H15N3.C2H6/c1-17-15-8-5-12(9-13(15)10-16)11-3-6-14(18-2)7-4-11;1-2-8-4-12-11(13-5-8)14-6-9-3-10(9)7-14;1-2/h3-10H,1-2H3;4-5,9-10H,2-3,6-7H2,1H3;1-2H3. The number of anilines is 1. The lowest BCUT2D eigenvalue weighted by Crippen LogP contribution is -2.23. The highest BCUT2D eigenvalue weighted by atomic mass is 32.2. The summed E-state index contributed by atoms with van der Waals surface area (Å²) in [7, 11) is 1.56. The summed E-state index contributed by atoms with van der Waals surface area (Å²) >= 11 is 1.71. The molecular formula is C28H35N3O2S. The van der Waals surface area contributed by atoms with Gasteiger partial charge in [0.1, 0.15) is 5.75 Å². The molecule has 5 rings (SSSR count). The van der Waals surface area contributed by atoms with Gasteiger partial charge in [-0.2, -0.15) is 0 Å². The van der Waals surface area contributed by atoms with Crippen LogP contribution in [0.25, 0.3) is 11.1 Å². The molecule has 2 aliphatic rings. The lowest BCUT2D eigenvalue weighted by Gasteiger charge is -2.17. The molecule has 1 aromatic heterocycles. The van der Waals surface area contributed by atoms with E-state index in [4.69, 9.17) is 4.74 Å². The van der Waals surface area contributed by atoms with Gasteiger partial charge in [0.25, 0.3) is 0 Å². The summed E-state index contributed by atoms with van der Waals surface area (Å²) in [5.74, 6) is 3.43. The third kappa shape index (κ3) is 6.38. The van der Waals surface area contributed by atoms with Gasteiger partial charge in [0.05, 0.1) is 12.7 Å². The fourth-order valence-electron chi connectivity index (χ4n) is 4.04. The number of hydrogen-bond donors (Lipinski definition) is 0. The number of aryl methyl sites for hydroxylation is 1. The van der Waals surface area contributed by atoms with Crippen molar-refractivity contribution < 1.29 is 9.53 Å². The van der Waals surface area contributed by atoms with Crippen molar-refractivity contribution in [2.45, 2.75) is 38.5 Å². The van der Waals surface area contributed by atoms with Crippen LogP contribution in [0.3, 0.4) is 0 Å². The van der Waals surface area contributed by atoms with Crippen LogP contribution in [0.15, 0.2) is 59.8 Å². The van der Waals surface area contributed by atoms with E-state index < -0.39 is 0 Å². The second-order valence-electron chi connectivity index (χ2n) is 8.21. The number of ether oxygens (including phenoxy) is 1. The van der Waals surface area contributed by atoms with Crippen molar-refractivity contribution in [2.75, 3.05) is 31.4 Å². The fraction of sp³-hybridized carbons (Fsp3) is 0.393. The Kier molecular flexibility index (Phi) is 9.52. The van der Waals surface area contributed by atoms with Gasteiger partial charge in [-0.15, -0.1) is 11.8 Å². The molecule has 2 heterocycles. The number of aldehydes is 1. The third-order valence-electron chi connectivity index (χ3n) is 6.14. The molecule has 5 nitrogen and oxygen atoms in total. The van der Waals surface area contributed by atoms with E-state index in [1.54, 1.807) is 18.9 Å². The molecule has 0 spiro atoms. The number of methoxy groups -OCH3 is 1. The van der Waals surface area contributed by atoms with E-state index >= 15 is 0 Å². The van der Waals surface area contributed by atoms with E-state index in [2.05, 4.69) is 46.1 Å². The quantitative estimate of drug-likeness (QED) is 0.302. The number of carbonyl (C=O) groups excluding carboxylic acids is 1. The van der Waals surface area contributed by atoms with Crippen molar-refractivity contribution in [3.63, 3.8) is 0 Å². The van der Waals surface area contributed by atoms with Gasteiger partial charge in [-0.25, -0.2) is 9.97 Å². The van der Waals surface area contributed by atoms with Crippen molar-refractivity contribution in [3.8, 4) is 16.9 Å². The van der Waals surface area contributed by atoms with E-state index in [9.17, 15) is 4.79 Å². The summed E-state index contributed by atoms with van der Waals surface area (Å²) < 4.78 is 5.13. The summed E-state index contributed by atoms with van der Waals surface area (Å²) in [5, 5.41) is 0. The number of nitrogens with zero attached hydrogens (tertiary/aromatic N) is 3. The number of hydrogen-bond acceptors (Lipinski definition) is 6. The SMILES string of the molecule is CC.CCc1cnc(N2CC3CC3C2)nc1.COc1ccc(-c2ccc(SC)cc2)cc1C=O. The topological polar surface area (TPSA) is 55.3 Å². The molecule has 1 saturated heterocycles. The number of benzene rings is 2. The summed E-state index contributed by atoms with van der Waals surface area (Å²) in [6.07, 6.45) is 9.22. The van der Waals surface area contributed by atoms with Crippen molar-refractivity contribution in [1.82, 2.24) is 9.97 Å². The van der Waals surface area contributed by atoms with Crippen molar-refractivity contribution in [2.24, 2.45) is 11.8 Å². The number of aromatic nitrogens is 2. The first kappa shape index (κ1) is 25.8. The Balaban J connectivity index is 0.000000182. The summed E-state index contributed by atoms with van der Waals surface area (Å²) in [6, 6.07) is 13.9. The van der Waals surface area contributed by atoms with Gasteiger partial charge in [-0.05, 0) is 71.9 Å². The van der Waals surface area contributed by atoms with E-state index in [0.29, 0.717) is 11.3 Å². The van der Waals surface area contributed by atoms with E-state index in [0.717, 1.165) is 41.6 Å². The monoisotopic (exact) mass is 477 g/mol. The number of piperidine rings is 1. The van der Waals surface area contributed by atoms with Gasteiger partial charge in [0, 0.05) is 30.4 Å². The zero-order chi connectivity index (χ0) is 24.5. The lowest BCUT2D eigenvalue weighted by atomic mass is 10.0. The number of fused-ring (bicyclic) bond motifs is 1. The zero-order valence-corrected chi connectivity index (χ0v) is 21.6. The molecule has 1 aliphatic heterocycles. The maximum Gasteiger partial charge on any atom is 0.225 e. The smallest absolute Gasteiger partial charge is 0.225 e. The molecule has 1 aliphatic carbocycles. The average Bonchev–Trinajstić information content (AvgIpc) is 3.54. The van der Waals surface area contributed by atoms with Crippen LogP contribution < -0.4 is 9.64 Å². The Hall–Kier alpha value is -2.86. The van der Waals surface area contributed by atoms with Crippen molar-refractivity contribution in [1.29, 1.82) is 0 Å². The van der Waals surface area contributed by atoms with Crippen LogP contribution in [0.5, 0.6) is 5.75 Å². The highest BCUT2D eigenvalue weighted by Crippen LogP contribution is 2.45. The van der Waals surface area contributed by atoms with Gasteiger partial charge in [-0.3, -0.25) is 4.79 Å². The van der Waals surface area contributed by atoms with E-state index in [1.165, 1.54) is 30.0 Å². The minimum absolute atomic E-state index is 0.573. The highest BCUT2D eigenvalue weighted by Gasteiger charge is 2.45. The van der Waals surface area contributed by atoms with E-state index in [-0.39, 0.29) is 0 Å². The molecule has 34 heavy (non-hydrogen) atoms. The normalized spacial score (nSPS) is 17.5. The minimum atomic E-state index is 0.573. The predicted molar refractivity (Wildman–Crippen MR) is 142 cm³/mol. The van der Waals surface area contributed by atoms with Crippen LogP contribution in [-0.4, -0.2) is 42.7 Å². The number of thioether (sulfide) groups is 1. The molecule has 0 bridgehead atoms. The second kappa shape index (κ2) is 12.6. The van der Waals surface area contributed by atoms with Gasteiger partial charge in [0.2, 0.25) is 5.95 Å². The summed E-state index contributed by atoms with van der Waals surface area (Å²) in [5.41, 5.74) is 3.91. The number of rotatable bonds is 6. The first-order chi connectivity index (χ1) is 16.6. The molecule has 0 amide bonds.